The van der Waals surface area contributed by atoms with Gasteiger partial charge < -0.3 is 5.73 Å². The second-order valence-electron chi connectivity index (χ2n) is 4.49. The lowest BCUT2D eigenvalue weighted by atomic mass is 10.2. The smallest absolute Gasteiger partial charge is 0.268 e. The zero-order valence-electron chi connectivity index (χ0n) is 10.7. The molecule has 2 aromatic carbocycles. The summed E-state index contributed by atoms with van der Waals surface area (Å²) in [5.41, 5.74) is 7.17. The lowest BCUT2D eigenvalue weighted by molar-refractivity contribution is 0.589. The first-order valence-corrected chi connectivity index (χ1v) is 7.68. The van der Waals surface area contributed by atoms with Crippen molar-refractivity contribution in [1.82, 2.24) is 3.97 Å². The van der Waals surface area contributed by atoms with Crippen LogP contribution in [0.15, 0.2) is 65.7 Å². The van der Waals surface area contributed by atoms with Crippen LogP contribution in [0, 0.1) is 0 Å². The van der Waals surface area contributed by atoms with Crippen molar-refractivity contribution in [3.63, 3.8) is 0 Å². The first kappa shape index (κ1) is 12.9. The number of nitrogens with two attached hydrogens (primary N) is 1. The summed E-state index contributed by atoms with van der Waals surface area (Å²) < 4.78 is 26.7. The van der Waals surface area contributed by atoms with E-state index in [4.69, 9.17) is 5.73 Å². The summed E-state index contributed by atoms with van der Waals surface area (Å²) in [6, 6.07) is 15.8. The van der Waals surface area contributed by atoms with Crippen LogP contribution in [0.2, 0.25) is 0 Å². The number of rotatable bonds is 3. The van der Waals surface area contributed by atoms with Crippen LogP contribution in [-0.4, -0.2) is 12.4 Å². The summed E-state index contributed by atoms with van der Waals surface area (Å²) in [7, 11) is -3.59. The third-order valence-electron chi connectivity index (χ3n) is 3.28. The number of nitrogens with zero attached hydrogens (tertiary/aromatic N) is 1. The zero-order chi connectivity index (χ0) is 14.2. The summed E-state index contributed by atoms with van der Waals surface area (Å²) in [6.07, 6.45) is 1.60. The highest BCUT2D eigenvalue weighted by atomic mass is 32.2. The van der Waals surface area contributed by atoms with E-state index in [1.54, 1.807) is 42.6 Å². The van der Waals surface area contributed by atoms with Crippen molar-refractivity contribution < 1.29 is 8.42 Å². The number of hydrogen-bond donors (Lipinski definition) is 1. The quantitative estimate of drug-likeness (QED) is 0.803. The summed E-state index contributed by atoms with van der Waals surface area (Å²) in [5, 5.41) is 0.870. The Bertz CT molecular complexity index is 852. The van der Waals surface area contributed by atoms with Gasteiger partial charge in [0.05, 0.1) is 10.4 Å². The SMILES string of the molecule is NCc1cn(S(=O)(=O)c2ccccc2)c2ccccc12. The molecule has 5 heteroatoms. The van der Waals surface area contributed by atoms with Gasteiger partial charge in [-0.05, 0) is 23.8 Å². The van der Waals surface area contributed by atoms with Crippen molar-refractivity contribution in [3.8, 4) is 0 Å². The molecule has 0 bridgehead atoms. The van der Waals surface area contributed by atoms with Crippen LogP contribution in [-0.2, 0) is 16.6 Å². The molecule has 4 nitrogen and oxygen atoms in total. The van der Waals surface area contributed by atoms with Gasteiger partial charge in [-0.2, -0.15) is 0 Å². The standard InChI is InChI=1S/C15H14N2O2S/c16-10-12-11-17(15-9-5-4-8-14(12)15)20(18,19)13-6-2-1-3-7-13/h1-9,11H,10,16H2. The highest BCUT2D eigenvalue weighted by Crippen LogP contribution is 2.25. The first-order chi connectivity index (χ1) is 9.64. The average Bonchev–Trinajstić information content (AvgIpc) is 2.88. The van der Waals surface area contributed by atoms with Crippen molar-refractivity contribution in [2.75, 3.05) is 0 Å². The summed E-state index contributed by atoms with van der Waals surface area (Å²) in [6.45, 7) is 0.303. The Balaban J connectivity index is 2.30. The third kappa shape index (κ3) is 1.92. The van der Waals surface area contributed by atoms with Gasteiger partial charge in [0.2, 0.25) is 0 Å². The average molecular weight is 286 g/mol. The van der Waals surface area contributed by atoms with E-state index >= 15 is 0 Å². The molecule has 3 rings (SSSR count). The maximum atomic E-state index is 12.7. The van der Waals surface area contributed by atoms with Crippen LogP contribution in [0.1, 0.15) is 5.56 Å². The molecule has 0 unspecified atom stereocenters. The lowest BCUT2D eigenvalue weighted by Crippen LogP contribution is -2.11. The molecule has 0 aliphatic rings. The monoisotopic (exact) mass is 286 g/mol. The van der Waals surface area contributed by atoms with E-state index in [1.165, 1.54) is 3.97 Å². The van der Waals surface area contributed by atoms with Crippen LogP contribution >= 0.6 is 0 Å². The number of fused-ring (bicyclic) bond motifs is 1. The van der Waals surface area contributed by atoms with Crippen molar-refractivity contribution >= 4 is 20.9 Å². The minimum Gasteiger partial charge on any atom is -0.326 e. The fourth-order valence-corrected chi connectivity index (χ4v) is 3.70. The van der Waals surface area contributed by atoms with Gasteiger partial charge in [0, 0.05) is 18.1 Å². The fourth-order valence-electron chi connectivity index (χ4n) is 2.29. The fraction of sp³-hybridized carbons (Fsp3) is 0.0667. The summed E-state index contributed by atoms with van der Waals surface area (Å²) in [5.74, 6) is 0. The molecule has 3 aromatic rings. The van der Waals surface area contributed by atoms with Gasteiger partial charge in [-0.15, -0.1) is 0 Å². The van der Waals surface area contributed by atoms with Crippen molar-refractivity contribution in [2.24, 2.45) is 5.73 Å². The van der Waals surface area contributed by atoms with E-state index in [0.717, 1.165) is 10.9 Å². The van der Waals surface area contributed by atoms with Crippen LogP contribution in [0.3, 0.4) is 0 Å². The molecular weight excluding hydrogens is 272 g/mol. The number of benzene rings is 2. The summed E-state index contributed by atoms with van der Waals surface area (Å²) in [4.78, 5) is 0.268. The highest BCUT2D eigenvalue weighted by Gasteiger charge is 2.20. The van der Waals surface area contributed by atoms with Crippen LogP contribution in [0.4, 0.5) is 0 Å². The van der Waals surface area contributed by atoms with Crippen LogP contribution in [0.5, 0.6) is 0 Å². The van der Waals surface area contributed by atoms with Crippen molar-refractivity contribution in [2.45, 2.75) is 11.4 Å². The van der Waals surface area contributed by atoms with Crippen molar-refractivity contribution in [1.29, 1.82) is 0 Å². The largest absolute Gasteiger partial charge is 0.326 e. The Morgan fingerprint density at radius 1 is 0.950 bits per heavy atom. The number of para-hydroxylation sites is 1. The van der Waals surface area contributed by atoms with Gasteiger partial charge in [-0.3, -0.25) is 0 Å². The molecule has 0 saturated heterocycles. The molecule has 0 aliphatic heterocycles. The Morgan fingerprint density at radius 3 is 2.30 bits per heavy atom. The van der Waals surface area contributed by atoms with E-state index in [0.29, 0.717) is 12.1 Å². The van der Waals surface area contributed by atoms with E-state index in [1.807, 2.05) is 18.2 Å². The first-order valence-electron chi connectivity index (χ1n) is 6.24. The maximum Gasteiger partial charge on any atom is 0.268 e. The van der Waals surface area contributed by atoms with E-state index in [2.05, 4.69) is 0 Å². The van der Waals surface area contributed by atoms with Crippen molar-refractivity contribution in [3.05, 3.63) is 66.4 Å². The van der Waals surface area contributed by atoms with E-state index in [9.17, 15) is 8.42 Å². The number of hydrogen-bond acceptors (Lipinski definition) is 3. The predicted octanol–water partition coefficient (Wildman–Crippen LogP) is 2.34. The topological polar surface area (TPSA) is 65.1 Å². The molecule has 20 heavy (non-hydrogen) atoms. The lowest BCUT2D eigenvalue weighted by Gasteiger charge is -2.07. The summed E-state index contributed by atoms with van der Waals surface area (Å²) >= 11 is 0. The van der Waals surface area contributed by atoms with Gasteiger partial charge in [-0.25, -0.2) is 12.4 Å². The Labute approximate surface area is 117 Å². The molecule has 0 aliphatic carbocycles. The second kappa shape index (κ2) is 4.77. The minimum atomic E-state index is -3.59. The highest BCUT2D eigenvalue weighted by molar-refractivity contribution is 7.90. The molecule has 0 amide bonds. The van der Waals surface area contributed by atoms with Gasteiger partial charge in [0.15, 0.2) is 0 Å². The zero-order valence-corrected chi connectivity index (χ0v) is 11.5. The van der Waals surface area contributed by atoms with Gasteiger partial charge >= 0.3 is 0 Å². The van der Waals surface area contributed by atoms with E-state index < -0.39 is 10.0 Å². The second-order valence-corrected chi connectivity index (χ2v) is 6.30. The third-order valence-corrected chi connectivity index (χ3v) is 4.97. The van der Waals surface area contributed by atoms with Crippen LogP contribution < -0.4 is 5.73 Å². The Morgan fingerprint density at radius 2 is 1.60 bits per heavy atom. The predicted molar refractivity (Wildman–Crippen MR) is 78.9 cm³/mol. The molecule has 0 atom stereocenters. The van der Waals surface area contributed by atoms with E-state index in [-0.39, 0.29) is 4.90 Å². The van der Waals surface area contributed by atoms with Gasteiger partial charge in [-0.1, -0.05) is 36.4 Å². The maximum absolute atomic E-state index is 12.7. The molecule has 1 heterocycles. The minimum absolute atomic E-state index is 0.268. The Kier molecular flexibility index (Phi) is 3.08. The number of aromatic nitrogens is 1. The van der Waals surface area contributed by atoms with Crippen LogP contribution in [0.25, 0.3) is 10.9 Å². The molecule has 2 N–H and O–H groups in total. The molecule has 0 saturated carbocycles. The molecule has 0 radical (unpaired) electrons. The molecule has 1 aromatic heterocycles. The van der Waals surface area contributed by atoms with Gasteiger partial charge in [0.1, 0.15) is 0 Å². The normalized spacial score (nSPS) is 11.8. The molecule has 0 spiro atoms. The molecular formula is C15H14N2O2S. The Hall–Kier alpha value is -2.11. The molecule has 102 valence electrons. The molecule has 0 fully saturated rings. The van der Waals surface area contributed by atoms with Gasteiger partial charge in [0.25, 0.3) is 10.0 Å².